The van der Waals surface area contributed by atoms with Crippen molar-refractivity contribution in [1.82, 2.24) is 29.6 Å². The molecule has 0 saturated carbocycles. The van der Waals surface area contributed by atoms with Crippen LogP contribution >= 0.6 is 0 Å². The first-order chi connectivity index (χ1) is 14.7. The number of rotatable bonds is 4. The fourth-order valence-corrected chi connectivity index (χ4v) is 3.97. The van der Waals surface area contributed by atoms with Crippen molar-refractivity contribution in [3.05, 3.63) is 77.1 Å². The summed E-state index contributed by atoms with van der Waals surface area (Å²) in [6, 6.07) is 12.3. The first-order valence-electron chi connectivity index (χ1n) is 9.92. The van der Waals surface area contributed by atoms with Crippen molar-refractivity contribution in [3.8, 4) is 11.3 Å². The molecule has 0 bridgehead atoms. The number of benzene rings is 1. The van der Waals surface area contributed by atoms with Crippen LogP contribution in [0.25, 0.3) is 22.3 Å². The zero-order valence-corrected chi connectivity index (χ0v) is 16.2. The second-order valence-corrected chi connectivity index (χ2v) is 7.41. The normalized spacial score (nSPS) is 16.3. The van der Waals surface area contributed by atoms with Crippen molar-refractivity contribution in [3.63, 3.8) is 0 Å². The fraction of sp³-hybridized carbons (Fsp3) is 0.227. The molecule has 1 aromatic carbocycles. The van der Waals surface area contributed by atoms with Gasteiger partial charge in [0, 0.05) is 36.1 Å². The minimum Gasteiger partial charge on any atom is -0.345 e. The number of nitrogens with zero attached hydrogens (tertiary/aromatic N) is 5. The summed E-state index contributed by atoms with van der Waals surface area (Å²) in [5.41, 5.74) is 3.62. The van der Waals surface area contributed by atoms with E-state index in [1.54, 1.807) is 30.9 Å². The minimum absolute atomic E-state index is 0.0366. The number of hydrogen-bond acceptors (Lipinski definition) is 5. The van der Waals surface area contributed by atoms with Gasteiger partial charge in [-0.1, -0.05) is 0 Å². The molecule has 0 aliphatic carbocycles. The highest BCUT2D eigenvalue weighted by Gasteiger charge is 2.30. The van der Waals surface area contributed by atoms with Crippen LogP contribution in [0.5, 0.6) is 0 Å². The number of likely N-dealkylation sites (tertiary alicyclic amines) is 1. The van der Waals surface area contributed by atoms with E-state index in [1.165, 1.54) is 10.7 Å². The molecule has 1 aliphatic rings. The summed E-state index contributed by atoms with van der Waals surface area (Å²) in [6.07, 6.45) is 6.77. The summed E-state index contributed by atoms with van der Waals surface area (Å²) in [5, 5.41) is 4.52. The van der Waals surface area contributed by atoms with Gasteiger partial charge in [-0.25, -0.2) is 9.67 Å². The predicted molar refractivity (Wildman–Crippen MR) is 112 cm³/mol. The van der Waals surface area contributed by atoms with E-state index in [0.717, 1.165) is 29.4 Å². The molecule has 5 rings (SSSR count). The second-order valence-electron chi connectivity index (χ2n) is 7.41. The molecule has 4 aromatic rings. The average Bonchev–Trinajstić information content (AvgIpc) is 3.44. The molecular formula is C22H20N6O2. The van der Waals surface area contributed by atoms with Gasteiger partial charge in [-0.15, -0.1) is 0 Å². The second kappa shape index (κ2) is 7.55. The van der Waals surface area contributed by atoms with Crippen molar-refractivity contribution in [2.24, 2.45) is 0 Å². The molecule has 0 radical (unpaired) electrons. The topological polar surface area (TPSA) is 96.8 Å². The number of carbonyl (C=O) groups excluding carboxylic acids is 1. The molecule has 8 heteroatoms. The van der Waals surface area contributed by atoms with E-state index in [9.17, 15) is 9.59 Å². The largest absolute Gasteiger partial charge is 0.345 e. The standard InChI is InChI=1S/C22H20N6O2/c29-21-8-7-18(16-3-1-9-23-12-16)26-28(21)13-17-4-2-10-27(17)22(30)15-5-6-19-20(11-15)25-14-24-19/h1,3,5-9,11-12,14,17H,2,4,10,13H2,(H,24,25). The molecule has 1 N–H and O–H groups in total. The Kier molecular flexibility index (Phi) is 4.59. The van der Waals surface area contributed by atoms with E-state index < -0.39 is 0 Å². The molecule has 150 valence electrons. The molecule has 1 unspecified atom stereocenters. The van der Waals surface area contributed by atoms with Gasteiger partial charge >= 0.3 is 0 Å². The predicted octanol–water partition coefficient (Wildman–Crippen LogP) is 2.49. The Balaban J connectivity index is 1.40. The van der Waals surface area contributed by atoms with Gasteiger partial charge < -0.3 is 9.88 Å². The molecule has 1 saturated heterocycles. The van der Waals surface area contributed by atoms with E-state index in [4.69, 9.17) is 0 Å². The van der Waals surface area contributed by atoms with Gasteiger partial charge in [0.05, 0.1) is 35.6 Å². The number of aromatic nitrogens is 5. The van der Waals surface area contributed by atoms with Crippen LogP contribution in [0, 0.1) is 0 Å². The number of carbonyl (C=O) groups is 1. The Labute approximate surface area is 172 Å². The van der Waals surface area contributed by atoms with E-state index >= 15 is 0 Å². The Hall–Kier alpha value is -3.81. The van der Waals surface area contributed by atoms with Crippen LogP contribution in [0.4, 0.5) is 0 Å². The average molecular weight is 400 g/mol. The SMILES string of the molecule is O=C(c1ccc2nc[nH]c2c1)N1CCCC1Cn1nc(-c2cccnc2)ccc1=O. The summed E-state index contributed by atoms with van der Waals surface area (Å²) >= 11 is 0. The van der Waals surface area contributed by atoms with Crippen LogP contribution in [-0.4, -0.2) is 48.1 Å². The van der Waals surface area contributed by atoms with E-state index in [1.807, 2.05) is 29.2 Å². The third-order valence-corrected chi connectivity index (χ3v) is 5.51. The summed E-state index contributed by atoms with van der Waals surface area (Å²) < 4.78 is 1.46. The lowest BCUT2D eigenvalue weighted by Crippen LogP contribution is -2.40. The van der Waals surface area contributed by atoms with Gasteiger partial charge in [0.15, 0.2) is 0 Å². The fourth-order valence-electron chi connectivity index (χ4n) is 3.97. The van der Waals surface area contributed by atoms with Crippen molar-refractivity contribution < 1.29 is 4.79 Å². The molecule has 30 heavy (non-hydrogen) atoms. The van der Waals surface area contributed by atoms with Gasteiger partial charge in [0.25, 0.3) is 11.5 Å². The molecule has 0 spiro atoms. The highest BCUT2D eigenvalue weighted by Crippen LogP contribution is 2.23. The van der Waals surface area contributed by atoms with Gasteiger partial charge in [-0.2, -0.15) is 5.10 Å². The Morgan fingerprint density at radius 2 is 2.13 bits per heavy atom. The van der Waals surface area contributed by atoms with Gasteiger partial charge in [-0.05, 0) is 49.2 Å². The highest BCUT2D eigenvalue weighted by atomic mass is 16.2. The lowest BCUT2D eigenvalue weighted by atomic mass is 10.1. The van der Waals surface area contributed by atoms with E-state index in [2.05, 4.69) is 20.1 Å². The number of imidazole rings is 1. The smallest absolute Gasteiger partial charge is 0.266 e. The number of pyridine rings is 1. The van der Waals surface area contributed by atoms with Crippen molar-refractivity contribution in [2.75, 3.05) is 6.54 Å². The van der Waals surface area contributed by atoms with Gasteiger partial charge in [0.2, 0.25) is 0 Å². The molecule has 8 nitrogen and oxygen atoms in total. The lowest BCUT2D eigenvalue weighted by molar-refractivity contribution is 0.0720. The zero-order valence-electron chi connectivity index (χ0n) is 16.2. The van der Waals surface area contributed by atoms with Gasteiger partial charge in [0.1, 0.15) is 0 Å². The molecule has 4 heterocycles. The van der Waals surface area contributed by atoms with E-state index in [0.29, 0.717) is 24.3 Å². The zero-order chi connectivity index (χ0) is 20.5. The summed E-state index contributed by atoms with van der Waals surface area (Å²) in [6.45, 7) is 1.03. The van der Waals surface area contributed by atoms with Crippen LogP contribution < -0.4 is 5.56 Å². The van der Waals surface area contributed by atoms with Crippen molar-refractivity contribution in [2.45, 2.75) is 25.4 Å². The number of fused-ring (bicyclic) bond motifs is 1. The molecular weight excluding hydrogens is 380 g/mol. The minimum atomic E-state index is -0.180. The summed E-state index contributed by atoms with van der Waals surface area (Å²) in [4.78, 5) is 38.8. The van der Waals surface area contributed by atoms with Crippen LogP contribution in [0.1, 0.15) is 23.2 Å². The van der Waals surface area contributed by atoms with Gasteiger partial charge in [-0.3, -0.25) is 14.6 Å². The number of hydrogen-bond donors (Lipinski definition) is 1. The van der Waals surface area contributed by atoms with Crippen LogP contribution in [0.15, 0.2) is 66.0 Å². The maximum Gasteiger partial charge on any atom is 0.266 e. The van der Waals surface area contributed by atoms with Crippen LogP contribution in [-0.2, 0) is 6.54 Å². The lowest BCUT2D eigenvalue weighted by Gasteiger charge is -2.25. The van der Waals surface area contributed by atoms with Crippen molar-refractivity contribution >= 4 is 16.9 Å². The van der Waals surface area contributed by atoms with Crippen molar-refractivity contribution in [1.29, 1.82) is 0 Å². The summed E-state index contributed by atoms with van der Waals surface area (Å²) in [5.74, 6) is -0.0366. The Morgan fingerprint density at radius 3 is 3.00 bits per heavy atom. The first kappa shape index (κ1) is 18.2. The highest BCUT2D eigenvalue weighted by molar-refractivity contribution is 5.97. The Morgan fingerprint density at radius 1 is 1.20 bits per heavy atom. The molecule has 1 aliphatic heterocycles. The summed E-state index contributed by atoms with van der Waals surface area (Å²) in [7, 11) is 0. The number of aromatic amines is 1. The quantitative estimate of drug-likeness (QED) is 0.568. The number of amides is 1. The molecule has 1 amide bonds. The molecule has 1 atom stereocenters. The monoisotopic (exact) mass is 400 g/mol. The maximum atomic E-state index is 13.2. The van der Waals surface area contributed by atoms with Crippen LogP contribution in [0.3, 0.4) is 0 Å². The number of H-pyrrole nitrogens is 1. The molecule has 3 aromatic heterocycles. The van der Waals surface area contributed by atoms with Crippen LogP contribution in [0.2, 0.25) is 0 Å². The first-order valence-corrected chi connectivity index (χ1v) is 9.92. The maximum absolute atomic E-state index is 13.2. The molecule has 1 fully saturated rings. The third kappa shape index (κ3) is 3.36. The number of nitrogens with one attached hydrogen (secondary N) is 1. The third-order valence-electron chi connectivity index (χ3n) is 5.51. The Bertz CT molecular complexity index is 1260. The van der Waals surface area contributed by atoms with E-state index in [-0.39, 0.29) is 17.5 Å².